The number of fused-ring (bicyclic) bond motifs is 3. The van der Waals surface area contributed by atoms with E-state index in [4.69, 9.17) is 4.74 Å². The fraction of sp³-hybridized carbons (Fsp3) is 0.522. The number of nitrogens with one attached hydrogen (secondary N) is 1. The summed E-state index contributed by atoms with van der Waals surface area (Å²) in [7, 11) is 0. The number of thioether (sulfide) groups is 1. The summed E-state index contributed by atoms with van der Waals surface area (Å²) >= 11 is 4.50. The summed E-state index contributed by atoms with van der Waals surface area (Å²) < 4.78 is 4.94. The first kappa shape index (κ1) is 24.1. The first-order chi connectivity index (χ1) is 15.7. The highest BCUT2D eigenvalue weighted by Crippen LogP contribution is 2.44. The number of anilines is 1. The normalized spacial score (nSPS) is 15.9. The van der Waals surface area contributed by atoms with Crippen LogP contribution in [0.4, 0.5) is 5.13 Å². The van der Waals surface area contributed by atoms with Gasteiger partial charge in [-0.05, 0) is 43.1 Å². The molecular weight excluding hydrogens is 476 g/mol. The average molecular weight is 505 g/mol. The molecule has 0 spiro atoms. The van der Waals surface area contributed by atoms with Gasteiger partial charge in [-0.2, -0.15) is 0 Å². The standard InChI is InChI=1S/C23H28N4O3S3/c1-5-30-18(29)9-14-10-32-22(26-14)27-17(28)11-31-20-19-15-7-6-13(23(2,3)4)8-16(15)33-21(19)25-12-24-20/h10,12-13H,5-9,11H2,1-4H3,(H,26,27,28)/t13-/m0/s1. The van der Waals surface area contributed by atoms with E-state index >= 15 is 0 Å². The van der Waals surface area contributed by atoms with Crippen LogP contribution in [0.15, 0.2) is 16.7 Å². The van der Waals surface area contributed by atoms with E-state index < -0.39 is 0 Å². The molecule has 0 aliphatic heterocycles. The molecule has 176 valence electrons. The van der Waals surface area contributed by atoms with Gasteiger partial charge in [0.1, 0.15) is 16.2 Å². The van der Waals surface area contributed by atoms with Gasteiger partial charge in [-0.3, -0.25) is 9.59 Å². The number of aryl methyl sites for hydroxylation is 1. The Bertz CT molecular complexity index is 1170. The van der Waals surface area contributed by atoms with E-state index in [0.29, 0.717) is 28.8 Å². The van der Waals surface area contributed by atoms with Crippen LogP contribution < -0.4 is 5.32 Å². The highest BCUT2D eigenvalue weighted by atomic mass is 32.2. The van der Waals surface area contributed by atoms with Gasteiger partial charge in [0.2, 0.25) is 5.91 Å². The number of thiophene rings is 1. The lowest BCUT2D eigenvalue weighted by Gasteiger charge is -2.33. The van der Waals surface area contributed by atoms with E-state index in [1.807, 2.05) is 0 Å². The molecule has 1 aliphatic rings. The zero-order valence-corrected chi connectivity index (χ0v) is 21.7. The monoisotopic (exact) mass is 504 g/mol. The molecule has 0 saturated carbocycles. The van der Waals surface area contributed by atoms with Crippen LogP contribution in [0.2, 0.25) is 0 Å². The number of thiazole rings is 1. The third-order valence-corrected chi connectivity index (χ3v) is 8.76. The van der Waals surface area contributed by atoms with Crippen molar-refractivity contribution in [1.82, 2.24) is 15.0 Å². The van der Waals surface area contributed by atoms with Crippen LogP contribution in [0.25, 0.3) is 10.2 Å². The summed E-state index contributed by atoms with van der Waals surface area (Å²) in [6, 6.07) is 0. The number of ether oxygens (including phenoxy) is 1. The topological polar surface area (TPSA) is 94.1 Å². The van der Waals surface area contributed by atoms with Crippen molar-refractivity contribution in [3.63, 3.8) is 0 Å². The van der Waals surface area contributed by atoms with Gasteiger partial charge in [0.25, 0.3) is 0 Å². The highest BCUT2D eigenvalue weighted by Gasteiger charge is 2.31. The van der Waals surface area contributed by atoms with E-state index in [2.05, 4.69) is 41.0 Å². The van der Waals surface area contributed by atoms with Gasteiger partial charge in [0.05, 0.1) is 24.5 Å². The van der Waals surface area contributed by atoms with Crippen molar-refractivity contribution >= 4 is 61.7 Å². The molecule has 1 aliphatic carbocycles. The minimum atomic E-state index is -0.322. The Morgan fingerprint density at radius 1 is 1.30 bits per heavy atom. The summed E-state index contributed by atoms with van der Waals surface area (Å²) in [4.78, 5) is 39.9. The number of aromatic nitrogens is 3. The third-order valence-electron chi connectivity index (χ3n) is 5.80. The molecule has 0 unspecified atom stereocenters. The van der Waals surface area contributed by atoms with E-state index in [-0.39, 0.29) is 24.1 Å². The Labute approximate surface area is 205 Å². The van der Waals surface area contributed by atoms with Crippen LogP contribution in [0.3, 0.4) is 0 Å². The molecular formula is C23H28N4O3S3. The summed E-state index contributed by atoms with van der Waals surface area (Å²) in [6.45, 7) is 9.06. The van der Waals surface area contributed by atoms with Crippen molar-refractivity contribution in [2.75, 3.05) is 17.7 Å². The number of amides is 1. The number of carbonyl (C=O) groups excluding carboxylic acids is 2. The zero-order valence-electron chi connectivity index (χ0n) is 19.3. The highest BCUT2D eigenvalue weighted by molar-refractivity contribution is 8.00. The fourth-order valence-electron chi connectivity index (χ4n) is 4.02. The Morgan fingerprint density at radius 3 is 2.88 bits per heavy atom. The van der Waals surface area contributed by atoms with Crippen LogP contribution in [-0.2, 0) is 33.6 Å². The Kier molecular flexibility index (Phi) is 7.35. The predicted molar refractivity (Wildman–Crippen MR) is 134 cm³/mol. The molecule has 0 radical (unpaired) electrons. The van der Waals surface area contributed by atoms with Crippen molar-refractivity contribution in [3.8, 4) is 0 Å². The van der Waals surface area contributed by atoms with Crippen molar-refractivity contribution in [1.29, 1.82) is 0 Å². The van der Waals surface area contributed by atoms with Gasteiger partial charge in [-0.1, -0.05) is 32.5 Å². The van der Waals surface area contributed by atoms with Gasteiger partial charge in [-0.25, -0.2) is 15.0 Å². The Hall–Kier alpha value is -2.04. The van der Waals surface area contributed by atoms with Crippen LogP contribution in [0.1, 0.15) is 50.3 Å². The van der Waals surface area contributed by atoms with Gasteiger partial charge in [0, 0.05) is 15.6 Å². The molecule has 3 aromatic heterocycles. The first-order valence-corrected chi connectivity index (χ1v) is 13.7. The predicted octanol–water partition coefficient (Wildman–Crippen LogP) is 5.14. The SMILES string of the molecule is CCOC(=O)Cc1csc(NC(=O)CSc2ncnc3sc4c(c23)CC[C@H](C(C)(C)C)C4)n1. The zero-order chi connectivity index (χ0) is 23.6. The molecule has 1 atom stereocenters. The summed E-state index contributed by atoms with van der Waals surface area (Å²) in [5.74, 6) is 0.422. The van der Waals surface area contributed by atoms with Crippen LogP contribution in [-0.4, -0.2) is 39.2 Å². The third kappa shape index (κ3) is 5.73. The number of hydrogen-bond donors (Lipinski definition) is 1. The lowest BCUT2D eigenvalue weighted by atomic mass is 9.72. The number of rotatable bonds is 7. The van der Waals surface area contributed by atoms with Crippen LogP contribution >= 0.6 is 34.4 Å². The molecule has 3 aromatic rings. The summed E-state index contributed by atoms with van der Waals surface area (Å²) in [5.41, 5.74) is 2.25. The van der Waals surface area contributed by atoms with Crippen molar-refractivity contribution in [3.05, 3.63) is 27.8 Å². The summed E-state index contributed by atoms with van der Waals surface area (Å²) in [5, 5.41) is 7.04. The van der Waals surface area contributed by atoms with E-state index in [1.165, 1.54) is 40.0 Å². The molecule has 4 rings (SSSR count). The lowest BCUT2D eigenvalue weighted by Crippen LogP contribution is -2.26. The van der Waals surface area contributed by atoms with Crippen LogP contribution in [0.5, 0.6) is 0 Å². The Morgan fingerprint density at radius 2 is 2.12 bits per heavy atom. The average Bonchev–Trinajstić information content (AvgIpc) is 3.35. The number of nitrogens with zero attached hydrogens (tertiary/aromatic N) is 3. The van der Waals surface area contributed by atoms with E-state index in [0.717, 1.165) is 28.1 Å². The molecule has 0 saturated heterocycles. The van der Waals surface area contributed by atoms with Crippen molar-refractivity contribution < 1.29 is 14.3 Å². The van der Waals surface area contributed by atoms with E-state index in [9.17, 15) is 9.59 Å². The molecule has 1 amide bonds. The number of carbonyl (C=O) groups is 2. The van der Waals surface area contributed by atoms with Crippen molar-refractivity contribution in [2.45, 2.75) is 58.4 Å². The number of esters is 1. The largest absolute Gasteiger partial charge is 0.466 e. The van der Waals surface area contributed by atoms with Gasteiger partial charge in [0.15, 0.2) is 5.13 Å². The number of hydrogen-bond acceptors (Lipinski definition) is 9. The van der Waals surface area contributed by atoms with Gasteiger partial charge in [-0.15, -0.1) is 22.7 Å². The molecule has 0 fully saturated rings. The van der Waals surface area contributed by atoms with Gasteiger partial charge < -0.3 is 10.1 Å². The molecule has 33 heavy (non-hydrogen) atoms. The molecule has 0 aromatic carbocycles. The second-order valence-electron chi connectivity index (χ2n) is 9.13. The lowest BCUT2D eigenvalue weighted by molar-refractivity contribution is -0.142. The molecule has 1 N–H and O–H groups in total. The first-order valence-electron chi connectivity index (χ1n) is 11.0. The molecule has 10 heteroatoms. The maximum absolute atomic E-state index is 12.5. The minimum Gasteiger partial charge on any atom is -0.466 e. The maximum atomic E-state index is 12.5. The maximum Gasteiger partial charge on any atom is 0.311 e. The fourth-order valence-corrected chi connectivity index (χ4v) is 6.91. The van der Waals surface area contributed by atoms with Gasteiger partial charge >= 0.3 is 5.97 Å². The van der Waals surface area contributed by atoms with Crippen LogP contribution in [0, 0.1) is 11.3 Å². The second-order valence-corrected chi connectivity index (χ2v) is 12.0. The van der Waals surface area contributed by atoms with Crippen molar-refractivity contribution in [2.24, 2.45) is 11.3 Å². The molecule has 0 bridgehead atoms. The quantitative estimate of drug-likeness (QED) is 0.271. The molecule has 7 nitrogen and oxygen atoms in total. The summed E-state index contributed by atoms with van der Waals surface area (Å²) in [6.07, 6.45) is 4.98. The smallest absolute Gasteiger partial charge is 0.311 e. The second kappa shape index (κ2) is 10.1. The molecule has 3 heterocycles. The van der Waals surface area contributed by atoms with E-state index in [1.54, 1.807) is 30.0 Å². The Balaban J connectivity index is 1.41. The minimum absolute atomic E-state index is 0.104.